The number of aliphatic hydroxyl groups is 2. The molecule has 0 aliphatic rings. The van der Waals surface area contributed by atoms with Crippen LogP contribution in [0, 0.1) is 0 Å². The molecule has 0 bridgehead atoms. The van der Waals surface area contributed by atoms with Gasteiger partial charge in [0.25, 0.3) is 0 Å². The van der Waals surface area contributed by atoms with E-state index in [1.54, 1.807) is 6.08 Å². The molecule has 0 rings (SSSR count). The van der Waals surface area contributed by atoms with Gasteiger partial charge >= 0.3 is 0 Å². The van der Waals surface area contributed by atoms with E-state index in [1.807, 2.05) is 6.08 Å². The van der Waals surface area contributed by atoms with Crippen molar-refractivity contribution in [2.75, 3.05) is 6.61 Å². The van der Waals surface area contributed by atoms with E-state index in [-0.39, 0.29) is 12.5 Å². The Bertz CT molecular complexity index is 750. The first-order valence-electron chi connectivity index (χ1n) is 23.6. The maximum atomic E-state index is 12.4. The number of amides is 1. The molecule has 4 nitrogen and oxygen atoms in total. The van der Waals surface area contributed by atoms with E-state index in [4.69, 9.17) is 0 Å². The van der Waals surface area contributed by atoms with E-state index in [0.29, 0.717) is 6.42 Å². The molecule has 0 aromatic heterocycles. The fraction of sp³-hybridized carbons (Fsp3) is 0.896. The molecule has 1 amide bonds. The van der Waals surface area contributed by atoms with Crippen LogP contribution < -0.4 is 5.32 Å². The molecule has 0 aromatic rings. The van der Waals surface area contributed by atoms with Crippen LogP contribution >= 0.6 is 0 Å². The molecule has 3 N–H and O–H groups in total. The fourth-order valence-electron chi connectivity index (χ4n) is 7.29. The minimum atomic E-state index is -0.839. The van der Waals surface area contributed by atoms with Gasteiger partial charge in [0.15, 0.2) is 0 Å². The largest absolute Gasteiger partial charge is 0.394 e. The number of carbonyl (C=O) groups is 1. The van der Waals surface area contributed by atoms with Crippen LogP contribution in [0.3, 0.4) is 0 Å². The van der Waals surface area contributed by atoms with Crippen LogP contribution in [0.5, 0.6) is 0 Å². The van der Waals surface area contributed by atoms with Crippen LogP contribution in [0.15, 0.2) is 24.3 Å². The minimum absolute atomic E-state index is 0.0657. The number of hydrogen-bond acceptors (Lipinski definition) is 3. The Morgan fingerprint density at radius 1 is 0.442 bits per heavy atom. The molecular formula is C48H93NO3. The van der Waals surface area contributed by atoms with Gasteiger partial charge in [0.05, 0.1) is 18.8 Å². The number of unbranched alkanes of at least 4 members (excludes halogenated alkanes) is 34. The molecular weight excluding hydrogens is 639 g/mol. The lowest BCUT2D eigenvalue weighted by Crippen LogP contribution is -2.45. The van der Waals surface area contributed by atoms with Crippen molar-refractivity contribution in [1.29, 1.82) is 0 Å². The molecule has 2 unspecified atom stereocenters. The molecule has 0 spiro atoms. The van der Waals surface area contributed by atoms with Gasteiger partial charge in [-0.25, -0.2) is 0 Å². The van der Waals surface area contributed by atoms with Gasteiger partial charge in [-0.3, -0.25) is 4.79 Å². The molecule has 0 saturated carbocycles. The third-order valence-electron chi connectivity index (χ3n) is 10.9. The molecule has 0 aromatic carbocycles. The van der Waals surface area contributed by atoms with Crippen molar-refractivity contribution in [3.8, 4) is 0 Å². The summed E-state index contributed by atoms with van der Waals surface area (Å²) in [5.74, 6) is -0.0657. The van der Waals surface area contributed by atoms with E-state index in [2.05, 4.69) is 31.3 Å². The maximum absolute atomic E-state index is 12.4. The van der Waals surface area contributed by atoms with Gasteiger partial charge in [0.1, 0.15) is 0 Å². The molecule has 0 heterocycles. The summed E-state index contributed by atoms with van der Waals surface area (Å²) in [7, 11) is 0. The van der Waals surface area contributed by atoms with Gasteiger partial charge in [-0.2, -0.15) is 0 Å². The van der Waals surface area contributed by atoms with Gasteiger partial charge in [-0.1, -0.05) is 231 Å². The second kappa shape index (κ2) is 44.3. The second-order valence-electron chi connectivity index (χ2n) is 16.2. The summed E-state index contributed by atoms with van der Waals surface area (Å²) in [5, 5.41) is 23.1. The average molecular weight is 732 g/mol. The zero-order valence-electron chi connectivity index (χ0n) is 35.3. The Morgan fingerprint density at radius 3 is 1.06 bits per heavy atom. The highest BCUT2D eigenvalue weighted by Gasteiger charge is 2.17. The lowest BCUT2D eigenvalue weighted by atomic mass is 10.0. The summed E-state index contributed by atoms with van der Waals surface area (Å²) in [6.07, 6.45) is 57.2. The van der Waals surface area contributed by atoms with Gasteiger partial charge < -0.3 is 15.5 Å². The SMILES string of the molecule is CCCCCCCCCC/C=C\CCCCCCCCCC(=O)NC(CO)C(O)/C=C/CCCCCCCCCCCCCCCCCCCCC. The average Bonchev–Trinajstić information content (AvgIpc) is 3.15. The van der Waals surface area contributed by atoms with E-state index >= 15 is 0 Å². The Labute approximate surface area is 326 Å². The molecule has 308 valence electrons. The first-order valence-corrected chi connectivity index (χ1v) is 23.6. The monoisotopic (exact) mass is 732 g/mol. The first kappa shape index (κ1) is 50.9. The Kier molecular flexibility index (Phi) is 43.3. The third kappa shape index (κ3) is 40.1. The summed E-state index contributed by atoms with van der Waals surface area (Å²) in [6, 6.07) is -0.622. The minimum Gasteiger partial charge on any atom is -0.394 e. The van der Waals surface area contributed by atoms with E-state index in [1.165, 1.54) is 212 Å². The quantitative estimate of drug-likeness (QED) is 0.0432. The normalized spacial score (nSPS) is 13.1. The molecule has 0 fully saturated rings. The van der Waals surface area contributed by atoms with Crippen LogP contribution in [0.1, 0.15) is 258 Å². The Morgan fingerprint density at radius 2 is 0.731 bits per heavy atom. The number of rotatable bonds is 43. The first-order chi connectivity index (χ1) is 25.7. The zero-order valence-corrected chi connectivity index (χ0v) is 35.3. The van der Waals surface area contributed by atoms with Crippen molar-refractivity contribution in [1.82, 2.24) is 5.32 Å². The second-order valence-corrected chi connectivity index (χ2v) is 16.2. The van der Waals surface area contributed by atoms with Crippen molar-refractivity contribution in [2.24, 2.45) is 0 Å². The topological polar surface area (TPSA) is 69.6 Å². The van der Waals surface area contributed by atoms with Crippen LogP contribution in [-0.4, -0.2) is 34.9 Å². The highest BCUT2D eigenvalue weighted by molar-refractivity contribution is 5.76. The van der Waals surface area contributed by atoms with Crippen molar-refractivity contribution in [2.45, 2.75) is 270 Å². The molecule has 4 heteroatoms. The Balaban J connectivity index is 3.54. The molecule has 0 aliphatic heterocycles. The smallest absolute Gasteiger partial charge is 0.220 e. The van der Waals surface area contributed by atoms with Crippen molar-refractivity contribution in [3.63, 3.8) is 0 Å². The number of allylic oxidation sites excluding steroid dienone is 3. The predicted molar refractivity (Wildman–Crippen MR) is 230 cm³/mol. The van der Waals surface area contributed by atoms with Crippen LogP contribution in [0.25, 0.3) is 0 Å². The molecule has 0 radical (unpaired) electrons. The van der Waals surface area contributed by atoms with Crippen LogP contribution in [0.2, 0.25) is 0 Å². The number of aliphatic hydroxyl groups excluding tert-OH is 2. The third-order valence-corrected chi connectivity index (χ3v) is 10.9. The maximum Gasteiger partial charge on any atom is 0.220 e. The number of nitrogens with one attached hydrogen (secondary N) is 1. The summed E-state index contributed by atoms with van der Waals surface area (Å²) in [6.45, 7) is 4.33. The highest BCUT2D eigenvalue weighted by Crippen LogP contribution is 2.16. The fourth-order valence-corrected chi connectivity index (χ4v) is 7.29. The molecule has 0 aliphatic carbocycles. The van der Waals surface area contributed by atoms with Crippen LogP contribution in [-0.2, 0) is 4.79 Å². The Hall–Kier alpha value is -1.13. The lowest BCUT2D eigenvalue weighted by molar-refractivity contribution is -0.123. The number of hydrogen-bond donors (Lipinski definition) is 3. The zero-order chi connectivity index (χ0) is 37.8. The lowest BCUT2D eigenvalue weighted by Gasteiger charge is -2.20. The van der Waals surface area contributed by atoms with Gasteiger partial charge in [-0.15, -0.1) is 0 Å². The van der Waals surface area contributed by atoms with E-state index in [0.717, 1.165) is 25.7 Å². The summed E-state index contributed by atoms with van der Waals surface area (Å²) in [4.78, 5) is 12.4. The van der Waals surface area contributed by atoms with E-state index < -0.39 is 12.1 Å². The molecule has 0 saturated heterocycles. The molecule has 52 heavy (non-hydrogen) atoms. The van der Waals surface area contributed by atoms with Crippen LogP contribution in [0.4, 0.5) is 0 Å². The van der Waals surface area contributed by atoms with Crippen molar-refractivity contribution in [3.05, 3.63) is 24.3 Å². The van der Waals surface area contributed by atoms with Crippen molar-refractivity contribution >= 4 is 5.91 Å². The summed E-state index contributed by atoms with van der Waals surface area (Å²) >= 11 is 0. The van der Waals surface area contributed by atoms with E-state index in [9.17, 15) is 15.0 Å². The van der Waals surface area contributed by atoms with Crippen molar-refractivity contribution < 1.29 is 15.0 Å². The van der Waals surface area contributed by atoms with Gasteiger partial charge in [0.2, 0.25) is 5.91 Å². The van der Waals surface area contributed by atoms with Gasteiger partial charge in [-0.05, 0) is 44.9 Å². The standard InChI is InChI=1S/C48H93NO3/c1-3-5-7-9-11-13-15-17-19-21-23-24-26-27-29-31-33-35-37-39-41-43-47(51)46(45-50)49-48(52)44-42-40-38-36-34-32-30-28-25-22-20-18-16-14-12-10-8-6-4-2/h22,25,41,43,46-47,50-51H,3-21,23-24,26-40,42,44-45H2,1-2H3,(H,49,52)/b25-22-,43-41+. The highest BCUT2D eigenvalue weighted by atomic mass is 16.3. The number of carbonyl (C=O) groups excluding carboxylic acids is 1. The predicted octanol–water partition coefficient (Wildman–Crippen LogP) is 14.8. The molecule has 2 atom stereocenters. The van der Waals surface area contributed by atoms with Gasteiger partial charge in [0, 0.05) is 6.42 Å². The summed E-state index contributed by atoms with van der Waals surface area (Å²) in [5.41, 5.74) is 0. The summed E-state index contributed by atoms with van der Waals surface area (Å²) < 4.78 is 0.